The molecule has 0 spiro atoms. The average molecular weight is 592 g/mol. The van der Waals surface area contributed by atoms with Crippen LogP contribution in [-0.2, 0) is 0 Å². The Balaban J connectivity index is 1.37. The number of benzene rings is 3. The third kappa shape index (κ3) is 5.68. The van der Waals surface area contributed by atoms with Gasteiger partial charge in [-0.15, -0.1) is 0 Å². The van der Waals surface area contributed by atoms with Gasteiger partial charge < -0.3 is 29.6 Å². The molecule has 1 aliphatic rings. The van der Waals surface area contributed by atoms with Crippen LogP contribution in [-0.4, -0.2) is 32.2 Å². The van der Waals surface area contributed by atoms with Gasteiger partial charge in [0, 0.05) is 17.4 Å². The van der Waals surface area contributed by atoms with Gasteiger partial charge in [-0.1, -0.05) is 23.8 Å². The van der Waals surface area contributed by atoms with E-state index in [2.05, 4.69) is 10.3 Å². The number of rotatable bonds is 8. The maximum absolute atomic E-state index is 11.7. The quantitative estimate of drug-likeness (QED) is 0.162. The predicted octanol–water partition coefficient (Wildman–Crippen LogP) is 7.02. The molecule has 1 aliphatic heterocycles. The van der Waals surface area contributed by atoms with Crippen LogP contribution >= 0.6 is 12.2 Å². The third-order valence-electron chi connectivity index (χ3n) is 7.10. The molecule has 3 heterocycles. The first-order valence-corrected chi connectivity index (χ1v) is 13.7. The number of anilines is 1. The lowest BCUT2D eigenvalue weighted by Gasteiger charge is -2.26. The second-order valence-electron chi connectivity index (χ2n) is 10.0. The molecule has 214 valence electrons. The number of furan rings is 1. The van der Waals surface area contributed by atoms with Gasteiger partial charge in [-0.3, -0.25) is 4.98 Å². The molecule has 10 heteroatoms. The van der Waals surface area contributed by atoms with Crippen LogP contribution in [0.2, 0.25) is 0 Å². The van der Waals surface area contributed by atoms with Crippen molar-refractivity contribution in [2.45, 2.75) is 19.0 Å². The van der Waals surface area contributed by atoms with E-state index in [0.29, 0.717) is 27.9 Å². The molecule has 0 bridgehead atoms. The van der Waals surface area contributed by atoms with Crippen molar-refractivity contribution in [3.8, 4) is 22.8 Å². The number of hydrogen-bond acceptors (Lipinski definition) is 6. The Hall–Kier alpha value is -5.48. The molecular weight excluding hydrogens is 566 g/mol. The lowest BCUT2D eigenvalue weighted by molar-refractivity contribution is 0.0696. The van der Waals surface area contributed by atoms with Crippen LogP contribution < -0.4 is 15.0 Å². The number of pyridine rings is 1. The summed E-state index contributed by atoms with van der Waals surface area (Å²) in [5.74, 6) is -0.242. The molecular formula is C33H25N3O6S. The number of carboxylic acid groups (broad SMARTS) is 2. The molecule has 3 N–H and O–H groups in total. The summed E-state index contributed by atoms with van der Waals surface area (Å²) in [7, 11) is 0. The summed E-state index contributed by atoms with van der Waals surface area (Å²) >= 11 is 5.80. The highest BCUT2D eigenvalue weighted by Crippen LogP contribution is 2.43. The third-order valence-corrected chi connectivity index (χ3v) is 7.41. The number of thiocarbonyl (C=S) groups is 1. The largest absolute Gasteiger partial charge is 0.478 e. The van der Waals surface area contributed by atoms with Crippen molar-refractivity contribution in [1.82, 2.24) is 10.3 Å². The van der Waals surface area contributed by atoms with E-state index in [0.717, 1.165) is 28.8 Å². The van der Waals surface area contributed by atoms with Crippen molar-refractivity contribution in [2.24, 2.45) is 0 Å². The summed E-state index contributed by atoms with van der Waals surface area (Å²) in [5.41, 5.74) is 2.70. The molecule has 1 saturated heterocycles. The summed E-state index contributed by atoms with van der Waals surface area (Å²) in [6.45, 7) is 2.02. The van der Waals surface area contributed by atoms with Gasteiger partial charge in [-0.25, -0.2) is 9.59 Å². The highest BCUT2D eigenvalue weighted by molar-refractivity contribution is 7.80. The second kappa shape index (κ2) is 11.4. The highest BCUT2D eigenvalue weighted by Gasteiger charge is 2.42. The predicted molar refractivity (Wildman–Crippen MR) is 164 cm³/mol. The molecule has 9 nitrogen and oxygen atoms in total. The fourth-order valence-corrected chi connectivity index (χ4v) is 5.37. The first kappa shape index (κ1) is 27.7. The topological polar surface area (TPSA) is 125 Å². The molecule has 6 rings (SSSR count). The normalized spacial score (nSPS) is 16.1. The number of hydrogen-bond donors (Lipinski definition) is 3. The van der Waals surface area contributed by atoms with Gasteiger partial charge >= 0.3 is 11.9 Å². The standard InChI is InChI=1S/C33H25N3O6S/c1-19-5-9-24(10-6-19)41-25-11-7-23(8-12-25)36-30(29(35-33(36)43)26-4-2-3-15-34-26)28-14-13-27(42-28)20-16-21(31(37)38)18-22(17-20)32(39)40/h2-18,29-30H,1H3,(H,35,43)(H,37,38)(H,39,40)/t29-,30-/m1/s1. The van der Waals surface area contributed by atoms with Gasteiger partial charge in [0.1, 0.15) is 29.1 Å². The van der Waals surface area contributed by atoms with Crippen molar-refractivity contribution in [2.75, 3.05) is 4.90 Å². The van der Waals surface area contributed by atoms with Crippen LogP contribution in [0.3, 0.4) is 0 Å². The van der Waals surface area contributed by atoms with Gasteiger partial charge in [-0.05, 0) is 98.0 Å². The number of ether oxygens (including phenoxy) is 1. The molecule has 5 aromatic rings. The molecule has 2 atom stereocenters. The van der Waals surface area contributed by atoms with Crippen molar-refractivity contribution >= 4 is 35.0 Å². The van der Waals surface area contributed by atoms with Crippen LogP contribution in [0.1, 0.15) is 49.8 Å². The number of carbonyl (C=O) groups is 2. The monoisotopic (exact) mass is 591 g/mol. The van der Waals surface area contributed by atoms with Crippen molar-refractivity contribution < 1.29 is 29.0 Å². The first-order valence-electron chi connectivity index (χ1n) is 13.3. The number of carboxylic acids is 2. The van der Waals surface area contributed by atoms with E-state index in [4.69, 9.17) is 21.4 Å². The summed E-state index contributed by atoms with van der Waals surface area (Å²) in [5, 5.41) is 22.9. The fourth-order valence-electron chi connectivity index (χ4n) is 5.02. The Kier molecular flexibility index (Phi) is 7.35. The SMILES string of the molecule is Cc1ccc(Oc2ccc(N3C(=S)N[C@H](c4ccccn4)[C@H]3c3ccc(-c4cc(C(=O)O)cc(C(=O)O)c4)o3)cc2)cc1. The summed E-state index contributed by atoms with van der Waals surface area (Å²) < 4.78 is 12.3. The van der Waals surface area contributed by atoms with E-state index in [1.807, 2.05) is 78.6 Å². The van der Waals surface area contributed by atoms with Gasteiger partial charge in [0.15, 0.2) is 5.11 Å². The minimum absolute atomic E-state index is 0.155. The number of aromatic carboxylic acids is 2. The Morgan fingerprint density at radius 3 is 2.14 bits per heavy atom. The number of nitrogens with one attached hydrogen (secondary N) is 1. The van der Waals surface area contributed by atoms with E-state index in [1.54, 1.807) is 18.3 Å². The maximum atomic E-state index is 11.7. The zero-order chi connectivity index (χ0) is 30.1. The number of nitrogens with zero attached hydrogens (tertiary/aromatic N) is 2. The van der Waals surface area contributed by atoms with Crippen molar-refractivity contribution in [3.63, 3.8) is 0 Å². The van der Waals surface area contributed by atoms with E-state index in [9.17, 15) is 19.8 Å². The van der Waals surface area contributed by atoms with Crippen molar-refractivity contribution in [1.29, 1.82) is 0 Å². The summed E-state index contributed by atoms with van der Waals surface area (Å²) in [6, 6.07) is 27.5. The molecule has 0 aliphatic carbocycles. The Morgan fingerprint density at radius 1 is 0.884 bits per heavy atom. The highest BCUT2D eigenvalue weighted by atomic mass is 32.1. The zero-order valence-corrected chi connectivity index (χ0v) is 23.6. The fraction of sp³-hybridized carbons (Fsp3) is 0.0909. The molecule has 3 aromatic carbocycles. The van der Waals surface area contributed by atoms with E-state index < -0.39 is 18.0 Å². The molecule has 0 amide bonds. The van der Waals surface area contributed by atoms with Crippen LogP contribution in [0.4, 0.5) is 5.69 Å². The van der Waals surface area contributed by atoms with E-state index >= 15 is 0 Å². The molecule has 43 heavy (non-hydrogen) atoms. The summed E-state index contributed by atoms with van der Waals surface area (Å²) in [4.78, 5) is 29.8. The van der Waals surface area contributed by atoms with Gasteiger partial charge in [-0.2, -0.15) is 0 Å². The Bertz CT molecular complexity index is 1790. The average Bonchev–Trinajstić information content (AvgIpc) is 3.64. The zero-order valence-electron chi connectivity index (χ0n) is 22.8. The minimum Gasteiger partial charge on any atom is -0.478 e. The van der Waals surface area contributed by atoms with Crippen molar-refractivity contribution in [3.05, 3.63) is 131 Å². The molecule has 2 aromatic heterocycles. The first-order chi connectivity index (χ1) is 20.8. The lowest BCUT2D eigenvalue weighted by atomic mass is 10.0. The Labute approximate surface area is 252 Å². The maximum Gasteiger partial charge on any atom is 0.335 e. The van der Waals surface area contributed by atoms with Gasteiger partial charge in [0.05, 0.1) is 22.9 Å². The van der Waals surface area contributed by atoms with Crippen LogP contribution in [0.25, 0.3) is 11.3 Å². The second-order valence-corrected chi connectivity index (χ2v) is 10.4. The summed E-state index contributed by atoms with van der Waals surface area (Å²) in [6.07, 6.45) is 1.70. The molecule has 0 radical (unpaired) electrons. The molecule has 1 fully saturated rings. The Morgan fingerprint density at radius 2 is 1.53 bits per heavy atom. The van der Waals surface area contributed by atoms with E-state index in [1.165, 1.54) is 12.1 Å². The van der Waals surface area contributed by atoms with E-state index in [-0.39, 0.29) is 17.2 Å². The lowest BCUT2D eigenvalue weighted by Crippen LogP contribution is -2.29. The van der Waals surface area contributed by atoms with Crippen LogP contribution in [0, 0.1) is 6.92 Å². The molecule has 0 unspecified atom stereocenters. The number of aromatic nitrogens is 1. The minimum atomic E-state index is -1.24. The van der Waals surface area contributed by atoms with Crippen LogP contribution in [0.15, 0.2) is 108 Å². The smallest absolute Gasteiger partial charge is 0.335 e. The van der Waals surface area contributed by atoms with Gasteiger partial charge in [0.25, 0.3) is 0 Å². The molecule has 0 saturated carbocycles. The van der Waals surface area contributed by atoms with Gasteiger partial charge in [0.2, 0.25) is 0 Å². The van der Waals surface area contributed by atoms with Crippen LogP contribution in [0.5, 0.6) is 11.5 Å². The number of aryl methyl sites for hydroxylation is 1.